The lowest BCUT2D eigenvalue weighted by molar-refractivity contribution is 0.129. The Kier molecular flexibility index (Phi) is 5.42. The molecule has 0 radical (unpaired) electrons. The van der Waals surface area contributed by atoms with Crippen molar-refractivity contribution in [3.05, 3.63) is 82.7 Å². The minimum absolute atomic E-state index is 0.190. The molecular formula is C24H25FN4O2. The summed E-state index contributed by atoms with van der Waals surface area (Å²) in [7, 11) is 0. The topological polar surface area (TPSA) is 50.6 Å². The highest BCUT2D eigenvalue weighted by Gasteiger charge is 2.31. The van der Waals surface area contributed by atoms with E-state index in [2.05, 4.69) is 14.8 Å². The monoisotopic (exact) mass is 420 g/mol. The number of ether oxygens (including phenoxy) is 1. The van der Waals surface area contributed by atoms with Gasteiger partial charge in [-0.2, -0.15) is 0 Å². The minimum Gasteiger partial charge on any atom is -0.489 e. The predicted octanol–water partition coefficient (Wildman–Crippen LogP) is 3.24. The van der Waals surface area contributed by atoms with Crippen LogP contribution in [0.3, 0.4) is 0 Å². The molecule has 6 nitrogen and oxygen atoms in total. The van der Waals surface area contributed by atoms with Gasteiger partial charge in [-0.05, 0) is 61.8 Å². The SMILES string of the molecule is O=c1cc(OCc2ccc(F)cc2)ccn1-c1ccc(N2CCC(N3CCC3)C2)nc1. The zero-order chi connectivity index (χ0) is 21.2. The van der Waals surface area contributed by atoms with E-state index in [0.29, 0.717) is 11.8 Å². The number of benzene rings is 1. The molecule has 5 rings (SSSR count). The molecule has 2 aliphatic heterocycles. The Hall–Kier alpha value is -3.19. The van der Waals surface area contributed by atoms with Crippen LogP contribution in [-0.2, 0) is 6.61 Å². The molecule has 2 fully saturated rings. The molecule has 2 aromatic heterocycles. The normalized spacial score (nSPS) is 18.7. The average molecular weight is 420 g/mol. The number of nitrogens with zero attached hydrogens (tertiary/aromatic N) is 4. The third-order valence-electron chi connectivity index (χ3n) is 6.11. The molecule has 0 spiro atoms. The van der Waals surface area contributed by atoms with E-state index in [-0.39, 0.29) is 18.0 Å². The second-order valence-electron chi connectivity index (χ2n) is 8.14. The van der Waals surface area contributed by atoms with E-state index in [1.165, 1.54) is 44.1 Å². The van der Waals surface area contributed by atoms with Crippen molar-refractivity contribution in [2.45, 2.75) is 25.5 Å². The summed E-state index contributed by atoms with van der Waals surface area (Å²) < 4.78 is 20.2. The Labute approximate surface area is 180 Å². The van der Waals surface area contributed by atoms with Gasteiger partial charge in [-0.25, -0.2) is 9.37 Å². The van der Waals surface area contributed by atoms with Gasteiger partial charge in [0.1, 0.15) is 24.0 Å². The zero-order valence-electron chi connectivity index (χ0n) is 17.3. The first-order valence-electron chi connectivity index (χ1n) is 10.7. The van der Waals surface area contributed by atoms with Gasteiger partial charge in [0.2, 0.25) is 0 Å². The van der Waals surface area contributed by atoms with Crippen LogP contribution in [0, 0.1) is 5.82 Å². The zero-order valence-corrected chi connectivity index (χ0v) is 17.3. The standard InChI is InChI=1S/C24H25FN4O2/c25-19-4-2-18(3-5-19)17-31-22-9-13-29(24(30)14-22)20-6-7-23(26-15-20)28-12-8-21(16-28)27-10-1-11-27/h2-7,9,13-15,21H,1,8,10-12,16-17H2. The summed E-state index contributed by atoms with van der Waals surface area (Å²) in [6.07, 6.45) is 5.93. The molecule has 2 aliphatic rings. The largest absolute Gasteiger partial charge is 0.489 e. The molecule has 1 aromatic carbocycles. The maximum atomic E-state index is 13.0. The Morgan fingerprint density at radius 1 is 1.06 bits per heavy atom. The number of rotatable bonds is 6. The molecule has 3 aromatic rings. The van der Waals surface area contributed by atoms with E-state index in [1.807, 2.05) is 12.1 Å². The van der Waals surface area contributed by atoms with Gasteiger partial charge in [-0.1, -0.05) is 12.1 Å². The van der Waals surface area contributed by atoms with Crippen LogP contribution in [0.2, 0.25) is 0 Å². The maximum Gasteiger partial charge on any atom is 0.258 e. The second kappa shape index (κ2) is 8.51. The van der Waals surface area contributed by atoms with Gasteiger partial charge in [0.25, 0.3) is 5.56 Å². The third-order valence-corrected chi connectivity index (χ3v) is 6.11. The van der Waals surface area contributed by atoms with Crippen LogP contribution >= 0.6 is 0 Å². The van der Waals surface area contributed by atoms with Crippen LogP contribution in [0.15, 0.2) is 65.7 Å². The van der Waals surface area contributed by atoms with Crippen molar-refractivity contribution in [2.75, 3.05) is 31.1 Å². The lowest BCUT2D eigenvalue weighted by Gasteiger charge is -2.36. The van der Waals surface area contributed by atoms with E-state index < -0.39 is 0 Å². The fraction of sp³-hybridized carbons (Fsp3) is 0.333. The highest BCUT2D eigenvalue weighted by atomic mass is 19.1. The molecule has 160 valence electrons. The number of aromatic nitrogens is 2. The summed E-state index contributed by atoms with van der Waals surface area (Å²) in [6, 6.07) is 13.9. The number of hydrogen-bond donors (Lipinski definition) is 0. The molecule has 0 aliphatic carbocycles. The lowest BCUT2D eigenvalue weighted by atomic mass is 10.1. The maximum absolute atomic E-state index is 13.0. The fourth-order valence-corrected chi connectivity index (χ4v) is 4.17. The summed E-state index contributed by atoms with van der Waals surface area (Å²) in [5.74, 6) is 1.15. The van der Waals surface area contributed by atoms with Crippen LogP contribution < -0.4 is 15.2 Å². The molecule has 31 heavy (non-hydrogen) atoms. The fourth-order valence-electron chi connectivity index (χ4n) is 4.17. The van der Waals surface area contributed by atoms with Gasteiger partial charge in [0.05, 0.1) is 11.9 Å². The van der Waals surface area contributed by atoms with Gasteiger partial charge in [-0.3, -0.25) is 14.3 Å². The van der Waals surface area contributed by atoms with Gasteiger partial charge in [0.15, 0.2) is 0 Å². The van der Waals surface area contributed by atoms with Crippen molar-refractivity contribution < 1.29 is 9.13 Å². The quantitative estimate of drug-likeness (QED) is 0.613. The van der Waals surface area contributed by atoms with E-state index in [0.717, 1.165) is 30.2 Å². The first-order chi connectivity index (χ1) is 15.2. The predicted molar refractivity (Wildman–Crippen MR) is 117 cm³/mol. The highest BCUT2D eigenvalue weighted by Crippen LogP contribution is 2.24. The molecule has 0 amide bonds. The van der Waals surface area contributed by atoms with Crippen molar-refractivity contribution in [1.82, 2.24) is 14.5 Å². The third kappa shape index (κ3) is 4.32. The van der Waals surface area contributed by atoms with E-state index in [9.17, 15) is 9.18 Å². The lowest BCUT2D eigenvalue weighted by Crippen LogP contribution is -2.46. The molecule has 0 N–H and O–H groups in total. The van der Waals surface area contributed by atoms with Crippen LogP contribution in [0.5, 0.6) is 5.75 Å². The van der Waals surface area contributed by atoms with Crippen LogP contribution in [0.1, 0.15) is 18.4 Å². The number of likely N-dealkylation sites (tertiary alicyclic amines) is 1. The summed E-state index contributed by atoms with van der Waals surface area (Å²) in [5, 5.41) is 0. The molecule has 4 heterocycles. The first-order valence-corrected chi connectivity index (χ1v) is 10.7. The summed E-state index contributed by atoms with van der Waals surface area (Å²) in [4.78, 5) is 22.1. The van der Waals surface area contributed by atoms with Crippen LogP contribution in [0.25, 0.3) is 5.69 Å². The van der Waals surface area contributed by atoms with Crippen molar-refractivity contribution in [3.8, 4) is 11.4 Å². The Balaban J connectivity index is 1.23. The number of hydrogen-bond acceptors (Lipinski definition) is 5. The van der Waals surface area contributed by atoms with Crippen molar-refractivity contribution in [2.24, 2.45) is 0 Å². The van der Waals surface area contributed by atoms with Crippen molar-refractivity contribution in [1.29, 1.82) is 0 Å². The summed E-state index contributed by atoms with van der Waals surface area (Å²) >= 11 is 0. The van der Waals surface area contributed by atoms with Gasteiger partial charge in [-0.15, -0.1) is 0 Å². The van der Waals surface area contributed by atoms with Gasteiger partial charge < -0.3 is 9.64 Å². The molecule has 2 saturated heterocycles. The number of halogens is 1. The average Bonchev–Trinajstić information content (AvgIpc) is 3.22. The van der Waals surface area contributed by atoms with Crippen molar-refractivity contribution >= 4 is 5.82 Å². The Morgan fingerprint density at radius 2 is 1.90 bits per heavy atom. The molecule has 7 heteroatoms. The van der Waals surface area contributed by atoms with Crippen LogP contribution in [0.4, 0.5) is 10.2 Å². The minimum atomic E-state index is -0.285. The first kappa shape index (κ1) is 19.8. The molecule has 0 bridgehead atoms. The number of pyridine rings is 2. The molecule has 0 saturated carbocycles. The smallest absolute Gasteiger partial charge is 0.258 e. The number of anilines is 1. The van der Waals surface area contributed by atoms with E-state index in [1.54, 1.807) is 35.2 Å². The summed E-state index contributed by atoms with van der Waals surface area (Å²) in [6.45, 7) is 4.75. The summed E-state index contributed by atoms with van der Waals surface area (Å²) in [5.41, 5.74) is 1.37. The Morgan fingerprint density at radius 3 is 2.58 bits per heavy atom. The van der Waals surface area contributed by atoms with Crippen molar-refractivity contribution in [3.63, 3.8) is 0 Å². The molecular weight excluding hydrogens is 395 g/mol. The van der Waals surface area contributed by atoms with E-state index in [4.69, 9.17) is 4.74 Å². The van der Waals surface area contributed by atoms with E-state index >= 15 is 0 Å². The van der Waals surface area contributed by atoms with Gasteiger partial charge in [0, 0.05) is 31.4 Å². The van der Waals surface area contributed by atoms with Gasteiger partial charge >= 0.3 is 0 Å². The Bertz CT molecular complexity index is 1090. The molecule has 1 atom stereocenters. The highest BCUT2D eigenvalue weighted by molar-refractivity contribution is 5.45. The second-order valence-corrected chi connectivity index (χ2v) is 8.14. The van der Waals surface area contributed by atoms with Crippen LogP contribution in [-0.4, -0.2) is 46.7 Å². The molecule has 1 unspecified atom stereocenters.